The second kappa shape index (κ2) is 46.2. The molecule has 23 nitrogen and oxygen atoms in total. The number of carbonyl (C=O) groups is 6. The summed E-state index contributed by atoms with van der Waals surface area (Å²) in [5.41, 5.74) is 9.22. The third-order valence-corrected chi connectivity index (χ3v) is 22.0. The predicted octanol–water partition coefficient (Wildman–Crippen LogP) is 14.2. The first-order chi connectivity index (χ1) is 56.3. The highest BCUT2D eigenvalue weighted by Crippen LogP contribution is 2.50. The highest BCUT2D eigenvalue weighted by atomic mass is 16.6. The highest BCUT2D eigenvalue weighted by Gasteiger charge is 2.42. The number of phenolic OH excluding ortho intramolecular Hbond substituents is 2. The van der Waals surface area contributed by atoms with Gasteiger partial charge in [0.25, 0.3) is 0 Å². The first-order valence-corrected chi connectivity index (χ1v) is 41.4. The second-order valence-corrected chi connectivity index (χ2v) is 31.2. The Hall–Kier alpha value is -9.04. The number of aryl methyl sites for hydroxylation is 2. The van der Waals surface area contributed by atoms with Crippen molar-refractivity contribution in [2.45, 2.75) is 136 Å². The maximum absolute atomic E-state index is 14.5. The molecule has 0 aromatic heterocycles. The Morgan fingerprint density at radius 3 is 1.88 bits per heavy atom. The van der Waals surface area contributed by atoms with E-state index >= 15 is 0 Å². The van der Waals surface area contributed by atoms with E-state index in [9.17, 15) is 39.0 Å². The van der Waals surface area contributed by atoms with Crippen LogP contribution in [-0.4, -0.2) is 202 Å². The van der Waals surface area contributed by atoms with E-state index in [4.69, 9.17) is 62.3 Å². The topological polar surface area (TPSA) is 302 Å². The number of aromatic hydroxyl groups is 2. The summed E-state index contributed by atoms with van der Waals surface area (Å²) in [6.07, 6.45) is 28.1. The van der Waals surface area contributed by atoms with Gasteiger partial charge in [0, 0.05) is 79.3 Å². The van der Waals surface area contributed by atoms with Crippen LogP contribution >= 0.6 is 0 Å². The Morgan fingerprint density at radius 2 is 1.25 bits per heavy atom. The molecule has 626 valence electrons. The fraction of sp³-hybridized carbons (Fsp3) is 0.527. The summed E-state index contributed by atoms with van der Waals surface area (Å²) in [4.78, 5) is 85.5. The molecular formula is C93H119N3O20. The number of methoxy groups -OCH3 is 2. The van der Waals surface area contributed by atoms with Gasteiger partial charge in [-0.25, -0.2) is 0 Å². The number of benzene rings is 4. The summed E-state index contributed by atoms with van der Waals surface area (Å²) in [6.45, 7) is 14.9. The number of Topliss-reactive ketones (excluding diaryl/α,β-unsaturated/α-hetero) is 5. The summed E-state index contributed by atoms with van der Waals surface area (Å²) >= 11 is 0. The molecule has 0 saturated heterocycles. The molecule has 0 spiro atoms. The summed E-state index contributed by atoms with van der Waals surface area (Å²) in [5, 5.41) is 31.0. The third-order valence-electron chi connectivity index (χ3n) is 22.0. The molecule has 1 heterocycles. The fourth-order valence-electron chi connectivity index (χ4n) is 15.3. The van der Waals surface area contributed by atoms with E-state index in [2.05, 4.69) is 65.8 Å². The number of hydrogen-bond acceptors (Lipinski definition) is 22. The van der Waals surface area contributed by atoms with E-state index in [1.165, 1.54) is 36.6 Å². The number of allylic oxidation sites excluding steroid dienone is 11. The van der Waals surface area contributed by atoms with Gasteiger partial charge in [0.1, 0.15) is 23.1 Å². The van der Waals surface area contributed by atoms with Crippen molar-refractivity contribution < 1.29 is 95.8 Å². The van der Waals surface area contributed by atoms with E-state index in [1.807, 2.05) is 69.3 Å². The van der Waals surface area contributed by atoms with E-state index in [-0.39, 0.29) is 108 Å². The number of nitrogens with one attached hydrogen (secondary N) is 2. The lowest BCUT2D eigenvalue weighted by Gasteiger charge is -2.29. The van der Waals surface area contributed by atoms with Gasteiger partial charge >= 0.3 is 0 Å². The Kier molecular flexibility index (Phi) is 35.6. The molecule has 1 fully saturated rings. The van der Waals surface area contributed by atoms with Gasteiger partial charge in [-0.2, -0.15) is 0 Å². The lowest BCUT2D eigenvalue weighted by molar-refractivity contribution is -0.124. The van der Waals surface area contributed by atoms with Crippen molar-refractivity contribution in [2.75, 3.05) is 140 Å². The fourth-order valence-corrected chi connectivity index (χ4v) is 15.3. The minimum atomic E-state index is -0.690. The van der Waals surface area contributed by atoms with Crippen molar-refractivity contribution >= 4 is 57.9 Å². The molecule has 6 aliphatic rings. The molecule has 4 N–H and O–H groups in total. The number of ketones is 5. The van der Waals surface area contributed by atoms with Crippen LogP contribution < -0.4 is 24.3 Å². The molecule has 1 saturated carbocycles. The zero-order chi connectivity index (χ0) is 82.2. The van der Waals surface area contributed by atoms with Crippen LogP contribution in [0.3, 0.4) is 0 Å². The van der Waals surface area contributed by atoms with Crippen LogP contribution in [-0.2, 0) is 69.9 Å². The first kappa shape index (κ1) is 89.3. The van der Waals surface area contributed by atoms with Crippen LogP contribution in [0, 0.1) is 46.3 Å². The molecule has 1 amide bonds. The molecule has 4 aromatic carbocycles. The molecule has 23 heteroatoms. The maximum atomic E-state index is 14.5. The quantitative estimate of drug-likeness (QED) is 0.0138. The van der Waals surface area contributed by atoms with Crippen LogP contribution in [0.5, 0.6) is 34.5 Å². The van der Waals surface area contributed by atoms with Crippen molar-refractivity contribution in [1.29, 1.82) is 5.41 Å². The molecular weight excluding hydrogens is 1480 g/mol. The van der Waals surface area contributed by atoms with Gasteiger partial charge in [-0.3, -0.25) is 33.8 Å². The zero-order valence-electron chi connectivity index (χ0n) is 68.5. The van der Waals surface area contributed by atoms with Gasteiger partial charge in [0.15, 0.2) is 46.4 Å². The van der Waals surface area contributed by atoms with Gasteiger partial charge < -0.3 is 77.8 Å². The molecule has 1 aliphatic heterocycles. The van der Waals surface area contributed by atoms with Gasteiger partial charge in [0.2, 0.25) is 5.91 Å². The van der Waals surface area contributed by atoms with E-state index < -0.39 is 17.4 Å². The molecule has 4 aromatic rings. The van der Waals surface area contributed by atoms with Crippen molar-refractivity contribution in [3.05, 3.63) is 165 Å². The molecule has 10 rings (SSSR count). The largest absolute Gasteiger partial charge is 0.508 e. The van der Waals surface area contributed by atoms with Crippen molar-refractivity contribution in [3.63, 3.8) is 0 Å². The molecule has 0 bridgehead atoms. The number of rotatable bonds is 53. The lowest BCUT2D eigenvalue weighted by Crippen LogP contribution is -2.30. The smallest absolute Gasteiger partial charge is 0.220 e. The maximum Gasteiger partial charge on any atom is 0.220 e. The average Bonchev–Trinajstić information content (AvgIpc) is 1.64. The second-order valence-electron chi connectivity index (χ2n) is 31.2. The monoisotopic (exact) mass is 1600 g/mol. The third kappa shape index (κ3) is 27.3. The Morgan fingerprint density at radius 1 is 0.638 bits per heavy atom. The predicted molar refractivity (Wildman–Crippen MR) is 444 cm³/mol. The van der Waals surface area contributed by atoms with Crippen LogP contribution in [0.1, 0.15) is 166 Å². The number of phenols is 2. The van der Waals surface area contributed by atoms with E-state index in [1.54, 1.807) is 20.3 Å². The van der Waals surface area contributed by atoms with Gasteiger partial charge in [-0.1, -0.05) is 112 Å². The number of ether oxygens (including phenoxy) is 12. The zero-order valence-corrected chi connectivity index (χ0v) is 68.5. The molecule has 6 atom stereocenters. The van der Waals surface area contributed by atoms with Crippen molar-refractivity contribution in [1.82, 2.24) is 5.32 Å². The molecule has 0 radical (unpaired) electrons. The van der Waals surface area contributed by atoms with Gasteiger partial charge in [-0.05, 0) is 163 Å². The molecule has 116 heavy (non-hydrogen) atoms. The average molecular weight is 1600 g/mol. The van der Waals surface area contributed by atoms with Crippen LogP contribution in [0.15, 0.2) is 131 Å². The van der Waals surface area contributed by atoms with Gasteiger partial charge in [0.05, 0.1) is 145 Å². The molecule has 5 aliphatic carbocycles. The Balaban J connectivity index is 0.538. The minimum Gasteiger partial charge on any atom is -0.508 e. The SMILES string of the molecule is COc1cc2c(cc1OCCCOc1cc3c(cc1OC)C(=O)C1=CC=C(C4CC4)CC1C=CCC3)C=CC=CC1CC(c3ccc(C4=NC4C(=O)C(C)CCCC(=O)C(C(=N)CC(=O)CCOCCOCCOCCOCCOCCOCCOCCOCCNC(=O)CCCc4cc(O)ccc4O)C(C)C)cc3)=CC1(C)CC2=O. The number of carbonyl (C=O) groups excluding carboxylic acids is 6. The van der Waals surface area contributed by atoms with Crippen molar-refractivity contribution in [2.24, 2.45) is 45.9 Å². The summed E-state index contributed by atoms with van der Waals surface area (Å²) in [6, 6.07) is 19.4. The number of amides is 1. The minimum absolute atomic E-state index is 0.00165. The van der Waals surface area contributed by atoms with Gasteiger partial charge in [-0.15, -0.1) is 0 Å². The highest BCUT2D eigenvalue weighted by molar-refractivity contribution is 6.26. The van der Waals surface area contributed by atoms with E-state index in [0.717, 1.165) is 58.4 Å². The Bertz CT molecular complexity index is 4220. The Labute approximate surface area is 683 Å². The normalized spacial score (nSPS) is 18.7. The van der Waals surface area contributed by atoms with Crippen LogP contribution in [0.25, 0.3) is 11.6 Å². The first-order valence-electron chi connectivity index (χ1n) is 41.4. The van der Waals surface area contributed by atoms with E-state index in [0.29, 0.717) is 209 Å². The van der Waals surface area contributed by atoms with Crippen LogP contribution in [0.2, 0.25) is 0 Å². The number of hydrogen-bond donors (Lipinski definition) is 4. The summed E-state index contributed by atoms with van der Waals surface area (Å²) in [5.74, 6) is 1.57. The summed E-state index contributed by atoms with van der Waals surface area (Å²) in [7, 11) is 3.17. The van der Waals surface area contributed by atoms with Crippen molar-refractivity contribution in [3.8, 4) is 34.5 Å². The lowest BCUT2D eigenvalue weighted by atomic mass is 9.74. The number of aliphatic imine (C=N–C) groups is 1. The molecule has 6 unspecified atom stereocenters. The van der Waals surface area contributed by atoms with Crippen LogP contribution in [0.4, 0.5) is 0 Å². The number of nitrogens with zero attached hydrogens (tertiary/aromatic N) is 1. The summed E-state index contributed by atoms with van der Waals surface area (Å²) < 4.78 is 68.7. The number of fused-ring (bicyclic) bond motifs is 4. The standard InChI is InChI=1S/C93H119N3O20/c1-62(2)88(79(94)57-75(98)32-36-107-38-40-109-42-44-111-46-48-113-50-51-114-49-47-112-45-43-110-41-39-108-37-33-95-87(102)21-12-18-71-54-74(97)29-31-80(71)99)81(100)20-11-14-63(3)91(103)90-89(96-90)66-26-24-65(25-27-66)72-53-73-19-10-9-16-69-55-85(83(105-5)58-77(69)82(101)61-93(73,4)60-72)115-34-13-35-116-86-56-70-17-8-7-15-68-52-67(64-22-23-64)28-30-76(68)92(104)78(70)59-84(86)106-6/h7,9-10,15-16,19,24-31,54-56,58-60,62-64,68,73,88,90,94,97,99H,8,11-14,17-18,20-23,32-53,57,61H2,1-6H3,(H,95,102).